The van der Waals surface area contributed by atoms with Crippen LogP contribution in [0, 0.1) is 0 Å². The molecule has 1 aliphatic rings. The molecule has 0 radical (unpaired) electrons. The highest BCUT2D eigenvalue weighted by Crippen LogP contribution is 2.26. The maximum Gasteiger partial charge on any atom is 0.225 e. The number of sulfonamides is 1. The molecule has 88 valence electrons. The van der Waals surface area contributed by atoms with Crippen LogP contribution in [0.2, 0.25) is 0 Å². The Kier molecular flexibility index (Phi) is 3.80. The van der Waals surface area contributed by atoms with E-state index in [1.165, 1.54) is 13.8 Å². The normalized spacial score (nSPS) is 19.2. The SMILES string of the molecule is CCS(=O)(=O)C1=NCN(S(=O)(=O)CC)S1. The van der Waals surface area contributed by atoms with Gasteiger partial charge in [-0.1, -0.05) is 6.92 Å². The summed E-state index contributed by atoms with van der Waals surface area (Å²) in [6, 6.07) is 0. The molecule has 1 aliphatic heterocycles. The highest BCUT2D eigenvalue weighted by molar-refractivity contribution is 8.36. The van der Waals surface area contributed by atoms with Crippen LogP contribution in [0.1, 0.15) is 13.8 Å². The zero-order valence-corrected chi connectivity index (χ0v) is 10.8. The first-order valence-corrected chi connectivity index (χ1v) is 8.32. The zero-order valence-electron chi connectivity index (χ0n) is 8.37. The first kappa shape index (κ1) is 12.9. The smallest absolute Gasteiger partial charge is 0.225 e. The second-order valence-corrected chi connectivity index (χ2v) is 8.64. The topological polar surface area (TPSA) is 83.9 Å². The first-order chi connectivity index (χ1) is 6.83. The number of rotatable bonds is 3. The average molecular weight is 272 g/mol. The van der Waals surface area contributed by atoms with E-state index in [1.807, 2.05) is 0 Å². The van der Waals surface area contributed by atoms with Gasteiger partial charge >= 0.3 is 0 Å². The van der Waals surface area contributed by atoms with Crippen molar-refractivity contribution in [2.24, 2.45) is 4.99 Å². The maximum absolute atomic E-state index is 11.4. The van der Waals surface area contributed by atoms with Gasteiger partial charge in [-0.3, -0.25) is 0 Å². The monoisotopic (exact) mass is 272 g/mol. The van der Waals surface area contributed by atoms with Gasteiger partial charge in [0, 0.05) is 11.9 Å². The van der Waals surface area contributed by atoms with E-state index in [1.54, 1.807) is 0 Å². The summed E-state index contributed by atoms with van der Waals surface area (Å²) < 4.78 is 46.5. The zero-order chi connectivity index (χ0) is 11.7. The first-order valence-electron chi connectivity index (χ1n) is 4.29. The number of nitrogens with zero attached hydrogens (tertiary/aromatic N) is 2. The van der Waals surface area contributed by atoms with Gasteiger partial charge in [0.15, 0.2) is 0 Å². The quantitative estimate of drug-likeness (QED) is 0.678. The lowest BCUT2D eigenvalue weighted by atomic mass is 11.0. The Morgan fingerprint density at radius 3 is 2.33 bits per heavy atom. The molecule has 1 rings (SSSR count). The van der Waals surface area contributed by atoms with Crippen LogP contribution in [0.25, 0.3) is 0 Å². The predicted molar refractivity (Wildman–Crippen MR) is 60.7 cm³/mol. The van der Waals surface area contributed by atoms with Gasteiger partial charge in [0.25, 0.3) is 0 Å². The molecule has 0 spiro atoms. The summed E-state index contributed by atoms with van der Waals surface area (Å²) in [6.45, 7) is 2.88. The lowest BCUT2D eigenvalue weighted by Crippen LogP contribution is -2.24. The lowest BCUT2D eigenvalue weighted by Gasteiger charge is -2.11. The van der Waals surface area contributed by atoms with Crippen LogP contribution in [-0.4, -0.2) is 43.1 Å². The van der Waals surface area contributed by atoms with Gasteiger partial charge in [-0.15, -0.1) is 3.71 Å². The van der Waals surface area contributed by atoms with Crippen molar-refractivity contribution in [2.75, 3.05) is 18.2 Å². The van der Waals surface area contributed by atoms with Crippen molar-refractivity contribution in [1.29, 1.82) is 0 Å². The van der Waals surface area contributed by atoms with Crippen molar-refractivity contribution in [3.05, 3.63) is 0 Å². The fraction of sp³-hybridized carbons (Fsp3) is 0.833. The van der Waals surface area contributed by atoms with Gasteiger partial charge in [-0.25, -0.2) is 21.8 Å². The molecule has 0 amide bonds. The Labute approximate surface area is 93.9 Å². The Hall–Kier alpha value is -0.120. The molecule has 0 bridgehead atoms. The molecule has 0 N–H and O–H groups in total. The molecular weight excluding hydrogens is 260 g/mol. The molecule has 0 unspecified atom stereocenters. The van der Waals surface area contributed by atoms with Crippen LogP contribution in [0.4, 0.5) is 0 Å². The largest absolute Gasteiger partial charge is 0.248 e. The minimum absolute atomic E-state index is 0.0605. The highest BCUT2D eigenvalue weighted by Gasteiger charge is 2.32. The van der Waals surface area contributed by atoms with Gasteiger partial charge in [-0.05, 0) is 6.92 Å². The van der Waals surface area contributed by atoms with Crippen molar-refractivity contribution in [1.82, 2.24) is 3.71 Å². The summed E-state index contributed by atoms with van der Waals surface area (Å²) in [4.78, 5) is 3.71. The van der Waals surface area contributed by atoms with E-state index >= 15 is 0 Å². The molecule has 0 aromatic rings. The molecule has 0 saturated heterocycles. The fourth-order valence-electron chi connectivity index (χ4n) is 0.828. The average Bonchev–Trinajstić information content (AvgIpc) is 2.67. The summed E-state index contributed by atoms with van der Waals surface area (Å²) in [6.07, 6.45) is 0. The summed E-state index contributed by atoms with van der Waals surface area (Å²) >= 11 is 0.681. The van der Waals surface area contributed by atoms with Crippen LogP contribution < -0.4 is 0 Å². The molecular formula is C6H12N2O4S3. The van der Waals surface area contributed by atoms with Crippen molar-refractivity contribution in [3.8, 4) is 0 Å². The number of aliphatic imine (C=N–C) groups is 1. The molecule has 0 aromatic heterocycles. The van der Waals surface area contributed by atoms with Crippen LogP contribution in [0.5, 0.6) is 0 Å². The van der Waals surface area contributed by atoms with Gasteiger partial charge in [-0.2, -0.15) is 0 Å². The van der Waals surface area contributed by atoms with Crippen molar-refractivity contribution < 1.29 is 16.8 Å². The standard InChI is InChI=1S/C6H12N2O4S3/c1-3-14(9,10)6-7-5-8(13-6)15(11,12)4-2/h3-5H2,1-2H3. The van der Waals surface area contributed by atoms with Crippen LogP contribution in [0.15, 0.2) is 4.99 Å². The van der Waals surface area contributed by atoms with E-state index in [0.717, 1.165) is 3.71 Å². The van der Waals surface area contributed by atoms with Crippen LogP contribution in [0.3, 0.4) is 0 Å². The summed E-state index contributed by atoms with van der Waals surface area (Å²) in [5.41, 5.74) is 0. The number of sulfone groups is 1. The molecule has 9 heteroatoms. The molecule has 0 aliphatic carbocycles. The van der Waals surface area contributed by atoms with Crippen molar-refractivity contribution in [3.63, 3.8) is 0 Å². The van der Waals surface area contributed by atoms with E-state index in [0.29, 0.717) is 11.9 Å². The third-order valence-electron chi connectivity index (χ3n) is 1.82. The van der Waals surface area contributed by atoms with Gasteiger partial charge in [0.05, 0.1) is 11.5 Å². The summed E-state index contributed by atoms with van der Waals surface area (Å²) in [5.74, 6) is -0.131. The van der Waals surface area contributed by atoms with Gasteiger partial charge in [0.2, 0.25) is 24.2 Å². The predicted octanol–water partition coefficient (Wildman–Crippen LogP) is 0.0481. The van der Waals surface area contributed by atoms with E-state index in [2.05, 4.69) is 4.99 Å². The van der Waals surface area contributed by atoms with Crippen LogP contribution >= 0.6 is 11.9 Å². The second kappa shape index (κ2) is 4.40. The lowest BCUT2D eigenvalue weighted by molar-refractivity contribution is 0.551. The molecule has 0 saturated carbocycles. The van der Waals surface area contributed by atoms with E-state index in [-0.39, 0.29) is 22.6 Å². The number of hydrogen-bond donors (Lipinski definition) is 0. The van der Waals surface area contributed by atoms with Crippen molar-refractivity contribution >= 4 is 36.2 Å². The highest BCUT2D eigenvalue weighted by atomic mass is 32.3. The second-order valence-electron chi connectivity index (χ2n) is 2.76. The number of hydrogen-bond acceptors (Lipinski definition) is 6. The third kappa shape index (κ3) is 2.71. The Balaban J connectivity index is 2.84. The molecule has 0 fully saturated rings. The molecule has 0 aromatic carbocycles. The van der Waals surface area contributed by atoms with Gasteiger partial charge in [0.1, 0.15) is 6.67 Å². The summed E-state index contributed by atoms with van der Waals surface area (Å²) in [5, 5.41) is 0. The maximum atomic E-state index is 11.4. The van der Waals surface area contributed by atoms with E-state index in [9.17, 15) is 16.8 Å². The molecule has 6 nitrogen and oxygen atoms in total. The van der Waals surface area contributed by atoms with Crippen molar-refractivity contribution in [2.45, 2.75) is 13.8 Å². The fourth-order valence-corrected chi connectivity index (χ4v) is 4.46. The minimum Gasteiger partial charge on any atom is -0.248 e. The third-order valence-corrected chi connectivity index (χ3v) is 7.20. The molecule has 15 heavy (non-hydrogen) atoms. The summed E-state index contributed by atoms with van der Waals surface area (Å²) in [7, 11) is -6.77. The van der Waals surface area contributed by atoms with E-state index < -0.39 is 19.9 Å². The Morgan fingerprint density at radius 1 is 1.27 bits per heavy atom. The minimum atomic E-state index is -3.39. The molecule has 1 heterocycles. The van der Waals surface area contributed by atoms with E-state index in [4.69, 9.17) is 0 Å². The van der Waals surface area contributed by atoms with Gasteiger partial charge < -0.3 is 0 Å². The van der Waals surface area contributed by atoms with Crippen LogP contribution in [-0.2, 0) is 19.9 Å². The Bertz CT molecular complexity index is 465. The molecule has 0 atom stereocenters. The Morgan fingerprint density at radius 2 is 1.87 bits per heavy atom.